The Balaban J connectivity index is 0.00000280. The number of para-hydroxylation sites is 1. The summed E-state index contributed by atoms with van der Waals surface area (Å²) in [4.78, 5) is 4.55. The van der Waals surface area contributed by atoms with Crippen LogP contribution in [-0.4, -0.2) is 52.4 Å². The van der Waals surface area contributed by atoms with Gasteiger partial charge in [0.25, 0.3) is 0 Å². The second-order valence-corrected chi connectivity index (χ2v) is 9.09. The summed E-state index contributed by atoms with van der Waals surface area (Å²) in [5, 5.41) is 6.25. The van der Waals surface area contributed by atoms with Crippen molar-refractivity contribution in [1.82, 2.24) is 15.4 Å². The third-order valence-corrected chi connectivity index (χ3v) is 6.34. The molecule has 0 amide bonds. The molecule has 0 spiro atoms. The van der Waals surface area contributed by atoms with Gasteiger partial charge < -0.3 is 15.4 Å². The summed E-state index contributed by atoms with van der Waals surface area (Å²) in [5.74, 6) is 2.10. The quantitative estimate of drug-likeness (QED) is 0.262. The zero-order valence-electron chi connectivity index (χ0n) is 16.3. The molecule has 3 rings (SSSR count). The minimum Gasteiger partial charge on any atom is -0.488 e. The van der Waals surface area contributed by atoms with E-state index in [1.807, 2.05) is 25.1 Å². The van der Waals surface area contributed by atoms with Crippen molar-refractivity contribution in [3.63, 3.8) is 0 Å². The van der Waals surface area contributed by atoms with Gasteiger partial charge in [-0.1, -0.05) is 24.6 Å². The number of hydrogen-bond donors (Lipinski definition) is 3. The van der Waals surface area contributed by atoms with Crippen LogP contribution in [0.5, 0.6) is 5.75 Å². The molecule has 1 unspecified atom stereocenters. The van der Waals surface area contributed by atoms with Crippen molar-refractivity contribution in [1.29, 1.82) is 0 Å². The molecule has 0 aromatic heterocycles. The van der Waals surface area contributed by atoms with Crippen molar-refractivity contribution < 1.29 is 13.2 Å². The number of ether oxygens (including phenoxy) is 1. The minimum absolute atomic E-state index is 0. The van der Waals surface area contributed by atoms with E-state index in [1.54, 1.807) is 0 Å². The molecular weight excluding hydrogens is 491 g/mol. The number of halogens is 1. The van der Waals surface area contributed by atoms with Crippen molar-refractivity contribution in [3.05, 3.63) is 29.8 Å². The van der Waals surface area contributed by atoms with Crippen LogP contribution in [0.3, 0.4) is 0 Å². The first-order valence-electron chi connectivity index (χ1n) is 9.80. The highest BCUT2D eigenvalue weighted by Crippen LogP contribution is 2.28. The predicted octanol–water partition coefficient (Wildman–Crippen LogP) is 1.88. The van der Waals surface area contributed by atoms with Gasteiger partial charge in [-0.15, -0.1) is 24.0 Å². The van der Waals surface area contributed by atoms with Crippen molar-refractivity contribution in [3.8, 4) is 5.75 Å². The van der Waals surface area contributed by atoms with Gasteiger partial charge in [-0.25, -0.2) is 18.1 Å². The molecule has 158 valence electrons. The van der Waals surface area contributed by atoms with Crippen LogP contribution in [-0.2, 0) is 16.4 Å². The van der Waals surface area contributed by atoms with Gasteiger partial charge in [0.2, 0.25) is 10.0 Å². The number of nitrogens with zero attached hydrogens (tertiary/aromatic N) is 1. The maximum Gasteiger partial charge on any atom is 0.213 e. The molecule has 1 aromatic rings. The van der Waals surface area contributed by atoms with Crippen LogP contribution in [0.15, 0.2) is 29.3 Å². The second-order valence-electron chi connectivity index (χ2n) is 7.16. The van der Waals surface area contributed by atoms with Gasteiger partial charge in [-0.3, -0.25) is 0 Å². The lowest BCUT2D eigenvalue weighted by atomic mass is 9.86. The fourth-order valence-corrected chi connectivity index (χ4v) is 4.21. The summed E-state index contributed by atoms with van der Waals surface area (Å²) in [6, 6.07) is 8.03. The molecule has 1 saturated carbocycles. The number of nitrogens with one attached hydrogen (secondary N) is 3. The molecule has 0 bridgehead atoms. The van der Waals surface area contributed by atoms with Gasteiger partial charge in [0.15, 0.2) is 5.96 Å². The lowest BCUT2D eigenvalue weighted by Crippen LogP contribution is -2.42. The molecular formula is C19H31IN4O3S. The largest absolute Gasteiger partial charge is 0.488 e. The molecule has 9 heteroatoms. The molecule has 1 atom stereocenters. The molecule has 1 fully saturated rings. The van der Waals surface area contributed by atoms with Crippen molar-refractivity contribution >= 4 is 40.0 Å². The van der Waals surface area contributed by atoms with Crippen molar-refractivity contribution in [2.75, 3.05) is 31.9 Å². The molecule has 7 nitrogen and oxygen atoms in total. The first-order valence-corrected chi connectivity index (χ1v) is 11.4. The van der Waals surface area contributed by atoms with Gasteiger partial charge in [-0.2, -0.15) is 0 Å². The molecule has 1 aromatic carbocycles. The maximum absolute atomic E-state index is 12.1. The van der Waals surface area contributed by atoms with E-state index in [0.717, 1.165) is 25.0 Å². The molecule has 28 heavy (non-hydrogen) atoms. The number of hydrogen-bond acceptors (Lipinski definition) is 4. The van der Waals surface area contributed by atoms with Crippen LogP contribution in [0, 0.1) is 5.92 Å². The number of sulfonamides is 1. The smallest absolute Gasteiger partial charge is 0.213 e. The van der Waals surface area contributed by atoms with E-state index >= 15 is 0 Å². The molecule has 1 aliphatic carbocycles. The summed E-state index contributed by atoms with van der Waals surface area (Å²) >= 11 is 0. The fourth-order valence-electron chi connectivity index (χ4n) is 3.21. The van der Waals surface area contributed by atoms with Gasteiger partial charge in [0.1, 0.15) is 11.9 Å². The number of aliphatic imine (C=N–C) groups is 1. The summed E-state index contributed by atoms with van der Waals surface area (Å²) in [6.45, 7) is 4.10. The Bertz CT molecular complexity index is 728. The summed E-state index contributed by atoms with van der Waals surface area (Å²) in [5.41, 5.74) is 1.21. The molecule has 0 radical (unpaired) electrons. The average molecular weight is 522 g/mol. The van der Waals surface area contributed by atoms with E-state index in [1.165, 1.54) is 12.0 Å². The van der Waals surface area contributed by atoms with Gasteiger partial charge in [0.05, 0.1) is 12.3 Å². The monoisotopic (exact) mass is 522 g/mol. The van der Waals surface area contributed by atoms with Gasteiger partial charge in [0, 0.05) is 26.1 Å². The summed E-state index contributed by atoms with van der Waals surface area (Å²) in [6.07, 6.45) is 4.34. The number of guanidine groups is 1. The fraction of sp³-hybridized carbons (Fsp3) is 0.632. The van der Waals surface area contributed by atoms with E-state index in [0.29, 0.717) is 38.1 Å². The van der Waals surface area contributed by atoms with Crippen LogP contribution in [0.4, 0.5) is 0 Å². The predicted molar refractivity (Wildman–Crippen MR) is 123 cm³/mol. The minimum atomic E-state index is -3.25. The Morgan fingerprint density at radius 3 is 2.71 bits per heavy atom. The lowest BCUT2D eigenvalue weighted by Gasteiger charge is -2.25. The number of fused-ring (bicyclic) bond motifs is 1. The second kappa shape index (κ2) is 11.2. The highest BCUT2D eigenvalue weighted by molar-refractivity contribution is 14.0. The van der Waals surface area contributed by atoms with Crippen LogP contribution < -0.4 is 20.1 Å². The third kappa shape index (κ3) is 7.07. The molecule has 3 N–H and O–H groups in total. The van der Waals surface area contributed by atoms with E-state index in [9.17, 15) is 8.42 Å². The van der Waals surface area contributed by atoms with Crippen molar-refractivity contribution in [2.45, 2.75) is 38.7 Å². The zero-order chi connectivity index (χ0) is 19.1. The average Bonchev–Trinajstić information content (AvgIpc) is 3.01. The molecule has 1 heterocycles. The van der Waals surface area contributed by atoms with Crippen LogP contribution >= 0.6 is 24.0 Å². The number of rotatable bonds is 9. The standard InChI is InChI=1S/C19H30N4O3S.HI/c1-2-20-19(21-10-11-27(24,25)23-13-15-6-5-7-15)22-14-17-12-16-8-3-4-9-18(16)26-17;/h3-4,8-9,15,17,23H,2,5-7,10-14H2,1H3,(H2,20,21,22);1H. The Labute approximate surface area is 185 Å². The molecule has 2 aliphatic rings. The maximum atomic E-state index is 12.1. The SMILES string of the molecule is CCNC(=NCC1Cc2ccccc2O1)NCCS(=O)(=O)NCC1CCC1.I. The summed E-state index contributed by atoms with van der Waals surface area (Å²) in [7, 11) is -3.25. The lowest BCUT2D eigenvalue weighted by molar-refractivity contribution is 0.241. The third-order valence-electron chi connectivity index (χ3n) is 4.99. The number of benzene rings is 1. The van der Waals surface area contributed by atoms with Crippen LogP contribution in [0.1, 0.15) is 31.7 Å². The topological polar surface area (TPSA) is 91.8 Å². The first kappa shape index (κ1) is 23.2. The van der Waals surface area contributed by atoms with Crippen LogP contribution in [0.2, 0.25) is 0 Å². The Hall–Kier alpha value is -1.07. The highest BCUT2D eigenvalue weighted by Gasteiger charge is 2.22. The van der Waals surface area contributed by atoms with Gasteiger partial charge >= 0.3 is 0 Å². The zero-order valence-corrected chi connectivity index (χ0v) is 19.5. The van der Waals surface area contributed by atoms with E-state index in [2.05, 4.69) is 26.4 Å². The van der Waals surface area contributed by atoms with E-state index in [4.69, 9.17) is 4.74 Å². The first-order chi connectivity index (χ1) is 13.1. The Kier molecular flexibility index (Phi) is 9.29. The summed E-state index contributed by atoms with van der Waals surface area (Å²) < 4.78 is 32.8. The van der Waals surface area contributed by atoms with E-state index in [-0.39, 0.29) is 35.8 Å². The Morgan fingerprint density at radius 1 is 1.25 bits per heavy atom. The van der Waals surface area contributed by atoms with Gasteiger partial charge in [-0.05, 0) is 37.3 Å². The molecule has 1 aliphatic heterocycles. The molecule has 0 saturated heterocycles. The van der Waals surface area contributed by atoms with E-state index < -0.39 is 10.0 Å². The van der Waals surface area contributed by atoms with Crippen molar-refractivity contribution in [2.24, 2.45) is 10.9 Å². The highest BCUT2D eigenvalue weighted by atomic mass is 127. The normalized spacial score (nSPS) is 19.2. The van der Waals surface area contributed by atoms with Crippen LogP contribution in [0.25, 0.3) is 0 Å². The Morgan fingerprint density at radius 2 is 2.04 bits per heavy atom.